The molecule has 1 aliphatic heterocycles. The van der Waals surface area contributed by atoms with Gasteiger partial charge in [0.1, 0.15) is 5.69 Å². The molecule has 1 saturated heterocycles. The zero-order valence-electron chi connectivity index (χ0n) is 14.4. The highest BCUT2D eigenvalue weighted by atomic mass is 35.5. The number of nitrogens with zero attached hydrogens (tertiary/aromatic N) is 4. The van der Waals surface area contributed by atoms with Crippen LogP contribution >= 0.6 is 11.6 Å². The molecule has 1 aliphatic rings. The van der Waals surface area contributed by atoms with Gasteiger partial charge in [-0.2, -0.15) is 0 Å². The van der Waals surface area contributed by atoms with Crippen molar-refractivity contribution in [3.8, 4) is 0 Å². The molecule has 2 rings (SSSR count). The summed E-state index contributed by atoms with van der Waals surface area (Å²) in [6.45, 7) is 8.63. The summed E-state index contributed by atoms with van der Waals surface area (Å²) in [5, 5.41) is 0.509. The molecule has 0 N–H and O–H groups in total. The van der Waals surface area contributed by atoms with E-state index in [2.05, 4.69) is 9.88 Å². The number of halogens is 1. The molecule has 2 amide bonds. The van der Waals surface area contributed by atoms with Crippen molar-refractivity contribution in [3.63, 3.8) is 0 Å². The first-order valence-electron chi connectivity index (χ1n) is 8.46. The van der Waals surface area contributed by atoms with Crippen LogP contribution in [0.1, 0.15) is 30.8 Å². The van der Waals surface area contributed by atoms with Gasteiger partial charge in [-0.1, -0.05) is 11.6 Å². The summed E-state index contributed by atoms with van der Waals surface area (Å²) in [5.74, 6) is 0.0469. The Kier molecular flexibility index (Phi) is 6.99. The minimum absolute atomic E-state index is 0.102. The van der Waals surface area contributed by atoms with E-state index in [0.717, 1.165) is 26.1 Å². The first-order chi connectivity index (χ1) is 11.5. The second-order valence-electron chi connectivity index (χ2n) is 5.85. The lowest BCUT2D eigenvalue weighted by atomic mass is 10.3. The van der Waals surface area contributed by atoms with Crippen molar-refractivity contribution in [2.75, 3.05) is 45.8 Å². The molecule has 0 atom stereocenters. The molecule has 0 unspecified atom stereocenters. The lowest BCUT2D eigenvalue weighted by molar-refractivity contribution is -0.132. The van der Waals surface area contributed by atoms with Crippen molar-refractivity contribution < 1.29 is 9.59 Å². The topological polar surface area (TPSA) is 56.8 Å². The quantitative estimate of drug-likeness (QED) is 0.810. The molecule has 0 aliphatic carbocycles. The number of hydrogen-bond donors (Lipinski definition) is 0. The van der Waals surface area contributed by atoms with Gasteiger partial charge in [-0.05, 0) is 32.4 Å². The Balaban J connectivity index is 1.92. The second-order valence-corrected chi connectivity index (χ2v) is 6.28. The summed E-state index contributed by atoms with van der Waals surface area (Å²) >= 11 is 5.94. The summed E-state index contributed by atoms with van der Waals surface area (Å²) in [4.78, 5) is 34.6. The molecule has 132 valence electrons. The Hall–Kier alpha value is -1.66. The van der Waals surface area contributed by atoms with E-state index in [0.29, 0.717) is 36.9 Å². The SMILES string of the molecule is CCN(CC)C(=O)CN1CCCN(C(=O)c2cc(Cl)ccn2)CC1. The number of carbonyl (C=O) groups is 2. The molecule has 0 spiro atoms. The van der Waals surface area contributed by atoms with E-state index in [-0.39, 0.29) is 11.8 Å². The third-order valence-corrected chi connectivity index (χ3v) is 4.53. The number of hydrogen-bond acceptors (Lipinski definition) is 4. The van der Waals surface area contributed by atoms with Crippen LogP contribution in [0.4, 0.5) is 0 Å². The number of rotatable bonds is 5. The largest absolute Gasteiger partial charge is 0.342 e. The molecule has 1 aromatic heterocycles. The lowest BCUT2D eigenvalue weighted by Crippen LogP contribution is -2.42. The number of pyridine rings is 1. The molecular formula is C17H25ClN4O2. The molecule has 24 heavy (non-hydrogen) atoms. The second kappa shape index (κ2) is 8.99. The van der Waals surface area contributed by atoms with Gasteiger partial charge < -0.3 is 9.80 Å². The normalized spacial score (nSPS) is 15.9. The standard InChI is InChI=1S/C17H25ClN4O2/c1-3-21(4-2)16(23)13-20-8-5-9-22(11-10-20)17(24)15-12-14(18)6-7-19-15/h6-7,12H,3-5,8-11,13H2,1-2H3. The zero-order valence-corrected chi connectivity index (χ0v) is 15.1. The summed E-state index contributed by atoms with van der Waals surface area (Å²) in [7, 11) is 0. The maximum absolute atomic E-state index is 12.5. The molecule has 1 fully saturated rings. The Morgan fingerprint density at radius 1 is 1.21 bits per heavy atom. The zero-order chi connectivity index (χ0) is 17.5. The molecule has 2 heterocycles. The summed E-state index contributed by atoms with van der Waals surface area (Å²) < 4.78 is 0. The highest BCUT2D eigenvalue weighted by molar-refractivity contribution is 6.30. The van der Waals surface area contributed by atoms with E-state index in [4.69, 9.17) is 11.6 Å². The van der Waals surface area contributed by atoms with Gasteiger partial charge in [-0.3, -0.25) is 19.5 Å². The van der Waals surface area contributed by atoms with Gasteiger partial charge >= 0.3 is 0 Å². The van der Waals surface area contributed by atoms with Gasteiger partial charge in [-0.25, -0.2) is 0 Å². The van der Waals surface area contributed by atoms with Crippen LogP contribution in [0.25, 0.3) is 0 Å². The molecule has 7 heteroatoms. The number of amides is 2. The highest BCUT2D eigenvalue weighted by Crippen LogP contribution is 2.12. The van der Waals surface area contributed by atoms with Crippen molar-refractivity contribution in [2.24, 2.45) is 0 Å². The third-order valence-electron chi connectivity index (χ3n) is 4.29. The van der Waals surface area contributed by atoms with Crippen LogP contribution in [-0.2, 0) is 4.79 Å². The van der Waals surface area contributed by atoms with E-state index >= 15 is 0 Å². The van der Waals surface area contributed by atoms with Crippen molar-refractivity contribution in [3.05, 3.63) is 29.0 Å². The van der Waals surface area contributed by atoms with Crippen LogP contribution in [-0.4, -0.2) is 77.3 Å². The van der Waals surface area contributed by atoms with Crippen molar-refractivity contribution in [1.29, 1.82) is 0 Å². The van der Waals surface area contributed by atoms with Gasteiger partial charge in [0.15, 0.2) is 0 Å². The van der Waals surface area contributed by atoms with Crippen LogP contribution in [0.5, 0.6) is 0 Å². The first-order valence-corrected chi connectivity index (χ1v) is 8.83. The fraction of sp³-hybridized carbons (Fsp3) is 0.588. The van der Waals surface area contributed by atoms with E-state index in [1.54, 1.807) is 23.2 Å². The fourth-order valence-electron chi connectivity index (χ4n) is 2.88. The van der Waals surface area contributed by atoms with Gasteiger partial charge in [0.25, 0.3) is 5.91 Å². The van der Waals surface area contributed by atoms with Crippen LogP contribution in [0, 0.1) is 0 Å². The van der Waals surface area contributed by atoms with Gasteiger partial charge in [0.2, 0.25) is 5.91 Å². The first kappa shape index (κ1) is 18.7. The molecular weight excluding hydrogens is 328 g/mol. The minimum atomic E-state index is -0.102. The van der Waals surface area contributed by atoms with E-state index < -0.39 is 0 Å². The predicted molar refractivity (Wildman–Crippen MR) is 94.1 cm³/mol. The maximum Gasteiger partial charge on any atom is 0.272 e. The van der Waals surface area contributed by atoms with Gasteiger partial charge in [-0.15, -0.1) is 0 Å². The minimum Gasteiger partial charge on any atom is -0.342 e. The molecule has 1 aromatic rings. The van der Waals surface area contributed by atoms with Gasteiger partial charge in [0.05, 0.1) is 6.54 Å². The van der Waals surface area contributed by atoms with Crippen molar-refractivity contribution in [1.82, 2.24) is 19.7 Å². The number of likely N-dealkylation sites (N-methyl/N-ethyl adjacent to an activating group) is 1. The molecule has 6 nitrogen and oxygen atoms in total. The summed E-state index contributed by atoms with van der Waals surface area (Å²) in [6, 6.07) is 3.25. The van der Waals surface area contributed by atoms with Gasteiger partial charge in [0, 0.05) is 50.5 Å². The monoisotopic (exact) mass is 352 g/mol. The average molecular weight is 353 g/mol. The van der Waals surface area contributed by atoms with E-state index in [1.165, 1.54) is 0 Å². The smallest absolute Gasteiger partial charge is 0.272 e. The van der Waals surface area contributed by atoms with Crippen molar-refractivity contribution in [2.45, 2.75) is 20.3 Å². The van der Waals surface area contributed by atoms with Crippen molar-refractivity contribution >= 4 is 23.4 Å². The Morgan fingerprint density at radius 2 is 1.96 bits per heavy atom. The lowest BCUT2D eigenvalue weighted by Gasteiger charge is -2.25. The number of aromatic nitrogens is 1. The van der Waals surface area contributed by atoms with Crippen LogP contribution in [0.2, 0.25) is 5.02 Å². The van der Waals surface area contributed by atoms with E-state index in [9.17, 15) is 9.59 Å². The predicted octanol–water partition coefficient (Wildman–Crippen LogP) is 1.75. The maximum atomic E-state index is 12.5. The molecule has 0 bridgehead atoms. The molecule has 0 saturated carbocycles. The highest BCUT2D eigenvalue weighted by Gasteiger charge is 2.23. The van der Waals surface area contributed by atoms with Crippen LogP contribution in [0.15, 0.2) is 18.3 Å². The fourth-order valence-corrected chi connectivity index (χ4v) is 3.04. The summed E-state index contributed by atoms with van der Waals surface area (Å²) in [6.07, 6.45) is 2.39. The van der Waals surface area contributed by atoms with Crippen LogP contribution < -0.4 is 0 Å². The molecule has 0 radical (unpaired) electrons. The molecule has 0 aromatic carbocycles. The Morgan fingerprint density at radius 3 is 2.62 bits per heavy atom. The summed E-state index contributed by atoms with van der Waals surface area (Å²) in [5.41, 5.74) is 0.371. The number of carbonyl (C=O) groups excluding carboxylic acids is 2. The van der Waals surface area contributed by atoms with Crippen LogP contribution in [0.3, 0.4) is 0 Å². The van der Waals surface area contributed by atoms with E-state index in [1.807, 2.05) is 18.7 Å². The Labute approximate surface area is 148 Å². The average Bonchev–Trinajstić information content (AvgIpc) is 2.81. The Bertz CT molecular complexity index is 577. The third kappa shape index (κ3) is 4.92.